The summed E-state index contributed by atoms with van der Waals surface area (Å²) in [7, 11) is 3.11. The Morgan fingerprint density at radius 2 is 1.94 bits per heavy atom. The SMILES string of the molecule is COc1ccc(C=CC(=O)Nc2nc3n(n2)C(c2ccccc2)CC(=O)N3)cc1OC. The Hall–Kier alpha value is -4.14. The van der Waals surface area contributed by atoms with Gasteiger partial charge in [-0.2, -0.15) is 4.98 Å². The zero-order valence-electron chi connectivity index (χ0n) is 17.0. The van der Waals surface area contributed by atoms with Crippen LogP contribution in [0.3, 0.4) is 0 Å². The number of carbonyl (C=O) groups is 2. The molecule has 1 aliphatic heterocycles. The predicted molar refractivity (Wildman–Crippen MR) is 115 cm³/mol. The van der Waals surface area contributed by atoms with Crippen molar-refractivity contribution in [3.8, 4) is 11.5 Å². The van der Waals surface area contributed by atoms with Crippen molar-refractivity contribution in [2.24, 2.45) is 0 Å². The Kier molecular flexibility index (Phi) is 5.65. The lowest BCUT2D eigenvalue weighted by Crippen LogP contribution is -2.29. The molecule has 1 aromatic heterocycles. The van der Waals surface area contributed by atoms with Crippen molar-refractivity contribution in [1.29, 1.82) is 0 Å². The third kappa shape index (κ3) is 4.40. The summed E-state index contributed by atoms with van der Waals surface area (Å²) in [6.45, 7) is 0. The summed E-state index contributed by atoms with van der Waals surface area (Å²) < 4.78 is 12.1. The molecule has 158 valence electrons. The van der Waals surface area contributed by atoms with Crippen LogP contribution in [0.25, 0.3) is 6.08 Å². The van der Waals surface area contributed by atoms with Crippen molar-refractivity contribution in [2.75, 3.05) is 24.9 Å². The summed E-state index contributed by atoms with van der Waals surface area (Å²) in [5.74, 6) is 1.02. The molecule has 0 saturated heterocycles. The average molecular weight is 419 g/mol. The lowest BCUT2D eigenvalue weighted by Gasteiger charge is -2.23. The normalized spacial score (nSPS) is 15.3. The van der Waals surface area contributed by atoms with Gasteiger partial charge in [0, 0.05) is 6.08 Å². The molecule has 0 aliphatic carbocycles. The second-order valence-corrected chi connectivity index (χ2v) is 6.82. The third-order valence-electron chi connectivity index (χ3n) is 4.81. The standard InChI is InChI=1S/C22H21N5O4/c1-30-17-10-8-14(12-18(17)31-2)9-11-19(28)23-21-25-22-24-20(29)13-16(27(22)26-21)15-6-4-3-5-7-15/h3-12,16H,13H2,1-2H3,(H2,23,24,25,26,28,29). The second-order valence-electron chi connectivity index (χ2n) is 6.82. The fourth-order valence-electron chi connectivity index (χ4n) is 3.33. The second kappa shape index (κ2) is 8.70. The molecule has 1 aliphatic rings. The van der Waals surface area contributed by atoms with E-state index in [0.717, 1.165) is 11.1 Å². The van der Waals surface area contributed by atoms with Gasteiger partial charge in [0.15, 0.2) is 11.5 Å². The smallest absolute Gasteiger partial charge is 0.250 e. The Labute approximate surface area is 178 Å². The maximum absolute atomic E-state index is 12.4. The largest absolute Gasteiger partial charge is 0.493 e. The molecular weight excluding hydrogens is 398 g/mol. The Morgan fingerprint density at radius 1 is 1.16 bits per heavy atom. The van der Waals surface area contributed by atoms with E-state index in [4.69, 9.17) is 9.47 Å². The first-order valence-corrected chi connectivity index (χ1v) is 9.60. The number of carbonyl (C=O) groups excluding carboxylic acids is 2. The van der Waals surface area contributed by atoms with Crippen molar-refractivity contribution in [3.05, 3.63) is 65.7 Å². The molecule has 2 N–H and O–H groups in total. The van der Waals surface area contributed by atoms with E-state index in [-0.39, 0.29) is 24.3 Å². The lowest BCUT2D eigenvalue weighted by molar-refractivity contribution is -0.117. The number of aromatic nitrogens is 3. The lowest BCUT2D eigenvalue weighted by atomic mass is 10.0. The molecule has 0 bridgehead atoms. The first-order chi connectivity index (χ1) is 15.1. The van der Waals surface area contributed by atoms with Gasteiger partial charge in [0.25, 0.3) is 11.9 Å². The Morgan fingerprint density at radius 3 is 2.68 bits per heavy atom. The fraction of sp³-hybridized carbons (Fsp3) is 0.182. The number of amides is 2. The van der Waals surface area contributed by atoms with Crippen LogP contribution in [0.15, 0.2) is 54.6 Å². The number of anilines is 2. The first-order valence-electron chi connectivity index (χ1n) is 9.60. The minimum Gasteiger partial charge on any atom is -0.493 e. The summed E-state index contributed by atoms with van der Waals surface area (Å²) in [5, 5.41) is 9.70. The molecule has 3 aromatic rings. The number of nitrogens with zero attached hydrogens (tertiary/aromatic N) is 3. The zero-order valence-corrected chi connectivity index (χ0v) is 17.0. The molecule has 2 aromatic carbocycles. The van der Waals surface area contributed by atoms with Crippen molar-refractivity contribution >= 4 is 29.8 Å². The van der Waals surface area contributed by atoms with Gasteiger partial charge in [-0.25, -0.2) is 4.68 Å². The molecule has 0 fully saturated rings. The van der Waals surface area contributed by atoms with Crippen LogP contribution < -0.4 is 20.1 Å². The summed E-state index contributed by atoms with van der Waals surface area (Å²) in [4.78, 5) is 28.7. The van der Waals surface area contributed by atoms with Crippen LogP contribution in [0, 0.1) is 0 Å². The number of ether oxygens (including phenoxy) is 2. The number of benzene rings is 2. The van der Waals surface area contributed by atoms with Gasteiger partial charge in [-0.15, -0.1) is 5.10 Å². The van der Waals surface area contributed by atoms with E-state index in [1.165, 1.54) is 6.08 Å². The number of methoxy groups -OCH3 is 2. The van der Waals surface area contributed by atoms with Crippen LogP contribution in [0.2, 0.25) is 0 Å². The van der Waals surface area contributed by atoms with E-state index >= 15 is 0 Å². The van der Waals surface area contributed by atoms with Crippen molar-refractivity contribution in [2.45, 2.75) is 12.5 Å². The van der Waals surface area contributed by atoms with Gasteiger partial charge in [0.2, 0.25) is 11.9 Å². The quantitative estimate of drug-likeness (QED) is 0.595. The van der Waals surface area contributed by atoms with E-state index in [9.17, 15) is 9.59 Å². The number of rotatable bonds is 6. The summed E-state index contributed by atoms with van der Waals surface area (Å²) >= 11 is 0. The predicted octanol–water partition coefficient (Wildman–Crippen LogP) is 2.88. The van der Waals surface area contributed by atoms with Gasteiger partial charge in [0.05, 0.1) is 26.7 Å². The van der Waals surface area contributed by atoms with E-state index in [1.807, 2.05) is 30.3 Å². The van der Waals surface area contributed by atoms with Gasteiger partial charge in [0.1, 0.15) is 0 Å². The van der Waals surface area contributed by atoms with Gasteiger partial charge in [-0.05, 0) is 29.3 Å². The van der Waals surface area contributed by atoms with Crippen LogP contribution in [0.4, 0.5) is 11.9 Å². The highest BCUT2D eigenvalue weighted by Crippen LogP contribution is 2.30. The van der Waals surface area contributed by atoms with E-state index in [2.05, 4.69) is 20.7 Å². The average Bonchev–Trinajstić information content (AvgIpc) is 3.19. The maximum atomic E-state index is 12.4. The first kappa shape index (κ1) is 20.1. The van der Waals surface area contributed by atoms with Gasteiger partial charge in [-0.3, -0.25) is 20.2 Å². The molecule has 1 unspecified atom stereocenters. The zero-order chi connectivity index (χ0) is 21.8. The van der Waals surface area contributed by atoms with Crippen molar-refractivity contribution in [3.63, 3.8) is 0 Å². The topological polar surface area (TPSA) is 107 Å². The summed E-state index contributed by atoms with van der Waals surface area (Å²) in [6.07, 6.45) is 3.25. The molecule has 2 amide bonds. The van der Waals surface area contributed by atoms with Crippen molar-refractivity contribution < 1.29 is 19.1 Å². The summed E-state index contributed by atoms with van der Waals surface area (Å²) in [6, 6.07) is 14.6. The highest BCUT2D eigenvalue weighted by molar-refractivity contribution is 6.01. The van der Waals surface area contributed by atoms with Gasteiger partial charge >= 0.3 is 0 Å². The van der Waals surface area contributed by atoms with E-state index in [1.54, 1.807) is 43.2 Å². The van der Waals surface area contributed by atoms with Crippen molar-refractivity contribution in [1.82, 2.24) is 14.8 Å². The minimum absolute atomic E-state index is 0.111. The summed E-state index contributed by atoms with van der Waals surface area (Å²) in [5.41, 5.74) is 1.70. The van der Waals surface area contributed by atoms with E-state index < -0.39 is 5.91 Å². The Balaban J connectivity index is 1.50. The highest BCUT2D eigenvalue weighted by atomic mass is 16.5. The van der Waals surface area contributed by atoms with E-state index in [0.29, 0.717) is 17.4 Å². The molecule has 9 heteroatoms. The van der Waals surface area contributed by atoms with Crippen LogP contribution in [-0.4, -0.2) is 40.8 Å². The highest BCUT2D eigenvalue weighted by Gasteiger charge is 2.29. The molecule has 0 saturated carbocycles. The molecule has 0 radical (unpaired) electrons. The maximum Gasteiger partial charge on any atom is 0.250 e. The van der Waals surface area contributed by atoms with Gasteiger partial charge in [-0.1, -0.05) is 36.4 Å². The Bertz CT molecular complexity index is 1140. The molecule has 31 heavy (non-hydrogen) atoms. The molecule has 0 spiro atoms. The van der Waals surface area contributed by atoms with Crippen LogP contribution >= 0.6 is 0 Å². The number of hydrogen-bond donors (Lipinski definition) is 2. The number of hydrogen-bond acceptors (Lipinski definition) is 6. The van der Waals surface area contributed by atoms with Gasteiger partial charge < -0.3 is 9.47 Å². The molecule has 2 heterocycles. The third-order valence-corrected chi connectivity index (χ3v) is 4.81. The molecule has 4 rings (SSSR count). The number of nitrogens with one attached hydrogen (secondary N) is 2. The monoisotopic (exact) mass is 419 g/mol. The molecule has 1 atom stereocenters. The van der Waals surface area contributed by atoms with Crippen LogP contribution in [0.1, 0.15) is 23.6 Å². The molecule has 9 nitrogen and oxygen atoms in total. The van der Waals surface area contributed by atoms with Crippen LogP contribution in [-0.2, 0) is 9.59 Å². The minimum atomic E-state index is -0.402. The number of fused-ring (bicyclic) bond motifs is 1. The fourth-order valence-corrected chi connectivity index (χ4v) is 3.33. The molecular formula is C22H21N5O4. The van der Waals surface area contributed by atoms with Crippen LogP contribution in [0.5, 0.6) is 11.5 Å².